The number of carbonyl (C=O) groups excluding carboxylic acids is 4. The minimum absolute atomic E-state index is 0.0629. The summed E-state index contributed by atoms with van der Waals surface area (Å²) in [5, 5.41) is 23.7. The molecule has 72 heavy (non-hydrogen) atoms. The number of ether oxygens (including phenoxy) is 6. The average Bonchev–Trinajstić information content (AvgIpc) is 4.03. The van der Waals surface area contributed by atoms with Gasteiger partial charge in [0.2, 0.25) is 11.8 Å². The Balaban J connectivity index is 1.48. The molecule has 3 aliphatic rings. The van der Waals surface area contributed by atoms with E-state index in [1.165, 1.54) is 7.11 Å². The predicted molar refractivity (Wildman–Crippen MR) is 273 cm³/mol. The molecule has 0 saturated carbocycles. The minimum Gasteiger partial charge on any atom is -0.466 e. The number of rotatable bonds is 27. The SMILES string of the molecule is C=Cc1c(C)c2cc3nc(cc4[nH]c(cc5nc(cc1[nH]2)C(C)=C5CCC(=O)NCCOCCOCCO)c(CCC(=O)NCCOCCOCCO)c4C)C1(C)C3=CC=C(C(=O)OC)C1C(=O)OCCN. The maximum Gasteiger partial charge on any atom is 0.334 e. The van der Waals surface area contributed by atoms with Crippen LogP contribution >= 0.6 is 0 Å². The molecule has 2 amide bonds. The second-order valence-electron chi connectivity index (χ2n) is 17.6. The zero-order valence-electron chi connectivity index (χ0n) is 42.0. The lowest BCUT2D eigenvalue weighted by atomic mass is 9.64. The lowest BCUT2D eigenvalue weighted by Gasteiger charge is -2.36. The van der Waals surface area contributed by atoms with Crippen molar-refractivity contribution in [3.8, 4) is 0 Å². The number of nitrogens with two attached hydrogens (primary N) is 1. The third-order valence-corrected chi connectivity index (χ3v) is 13.0. The first-order valence-corrected chi connectivity index (χ1v) is 24.3. The van der Waals surface area contributed by atoms with E-state index in [1.807, 2.05) is 52.0 Å². The van der Waals surface area contributed by atoms with E-state index in [-0.39, 0.29) is 76.4 Å². The molecule has 19 nitrogen and oxygen atoms in total. The number of aliphatic hydroxyl groups excluding tert-OH is 2. The lowest BCUT2D eigenvalue weighted by molar-refractivity contribution is -0.151. The van der Waals surface area contributed by atoms with Crippen LogP contribution in [0.1, 0.15) is 78.1 Å². The van der Waals surface area contributed by atoms with E-state index in [0.717, 1.165) is 44.4 Å². The standard InChI is InChI=1S/C53H69N7O12/c1-7-35-32(2)41-29-46-39-11-8-38(51(65)67-6)50(52(66)72-19-14-54)53(39,5)47(60-46)31-42-34(4)37(10-13-49(64)56-16-21-69-25-27-71-23-18-62)45(59-42)30-44-36(33(3)40(58-44)28-43(35)57-41)9-12-48(63)55-15-20-68-24-26-70-22-17-61/h7-8,11,28-31,50,57,59,61-62H,1,9-10,12-27,54H2,2-6H3,(H,55,63)(H,56,64). The van der Waals surface area contributed by atoms with Gasteiger partial charge in [0.05, 0.1) is 107 Å². The Morgan fingerprint density at radius 2 is 1.32 bits per heavy atom. The molecule has 8 N–H and O–H groups in total. The predicted octanol–water partition coefficient (Wildman–Crippen LogP) is 4.07. The van der Waals surface area contributed by atoms with Crippen molar-refractivity contribution in [1.29, 1.82) is 0 Å². The van der Waals surface area contributed by atoms with Gasteiger partial charge in [-0.3, -0.25) is 19.4 Å². The Morgan fingerprint density at radius 3 is 1.93 bits per heavy atom. The van der Waals surface area contributed by atoms with Gasteiger partial charge >= 0.3 is 11.9 Å². The summed E-state index contributed by atoms with van der Waals surface area (Å²) < 4.78 is 32.5. The summed E-state index contributed by atoms with van der Waals surface area (Å²) in [6, 6.07) is 7.71. The number of nitrogens with zero attached hydrogens (tertiary/aromatic N) is 2. The Hall–Kier alpha value is -6.32. The van der Waals surface area contributed by atoms with Gasteiger partial charge in [-0.25, -0.2) is 9.78 Å². The summed E-state index contributed by atoms with van der Waals surface area (Å²) in [5.74, 6) is -2.86. The fraction of sp³-hybridized carbons (Fsp3) is 0.472. The third kappa shape index (κ3) is 13.0. The van der Waals surface area contributed by atoms with Crippen LogP contribution < -0.4 is 16.4 Å². The van der Waals surface area contributed by atoms with Crippen molar-refractivity contribution >= 4 is 68.6 Å². The van der Waals surface area contributed by atoms with E-state index < -0.39 is 23.3 Å². The zero-order valence-corrected chi connectivity index (χ0v) is 42.0. The van der Waals surface area contributed by atoms with E-state index >= 15 is 0 Å². The average molecular weight is 996 g/mol. The van der Waals surface area contributed by atoms with Gasteiger partial charge in [-0.1, -0.05) is 24.8 Å². The second-order valence-corrected chi connectivity index (χ2v) is 17.6. The molecule has 1 aliphatic carbocycles. The number of esters is 2. The van der Waals surface area contributed by atoms with Gasteiger partial charge in [0.25, 0.3) is 0 Å². The van der Waals surface area contributed by atoms with E-state index in [4.69, 9.17) is 54.3 Å². The molecule has 0 fully saturated rings. The van der Waals surface area contributed by atoms with Crippen molar-refractivity contribution in [2.75, 3.05) is 99.4 Å². The van der Waals surface area contributed by atoms with E-state index in [9.17, 15) is 19.2 Å². The normalized spacial score (nSPS) is 16.2. The second kappa shape index (κ2) is 26.4. The fourth-order valence-electron chi connectivity index (χ4n) is 9.20. The quantitative estimate of drug-likeness (QED) is 0.0419. The van der Waals surface area contributed by atoms with Crippen molar-refractivity contribution in [2.45, 2.75) is 58.8 Å². The monoisotopic (exact) mass is 996 g/mol. The Kier molecular flexibility index (Phi) is 20.2. The Morgan fingerprint density at radius 1 is 0.736 bits per heavy atom. The summed E-state index contributed by atoms with van der Waals surface area (Å²) in [6.45, 7) is 14.8. The van der Waals surface area contributed by atoms with Crippen LogP contribution in [0.5, 0.6) is 0 Å². The van der Waals surface area contributed by atoms with Crippen LogP contribution in [-0.2, 0) is 59.4 Å². The zero-order chi connectivity index (χ0) is 51.8. The van der Waals surface area contributed by atoms with Crippen molar-refractivity contribution in [3.05, 3.63) is 93.6 Å². The molecule has 3 aromatic rings. The Bertz CT molecular complexity index is 2740. The number of fused-ring (bicyclic) bond motifs is 11. The van der Waals surface area contributed by atoms with E-state index in [1.54, 1.807) is 18.2 Å². The van der Waals surface area contributed by atoms with Gasteiger partial charge in [0.15, 0.2) is 0 Å². The fourth-order valence-corrected chi connectivity index (χ4v) is 9.20. The molecule has 0 aromatic carbocycles. The van der Waals surface area contributed by atoms with E-state index in [0.29, 0.717) is 98.3 Å². The number of hydrogen-bond acceptors (Lipinski definition) is 15. The van der Waals surface area contributed by atoms with Crippen molar-refractivity contribution in [3.63, 3.8) is 0 Å². The minimum atomic E-state index is -1.25. The third-order valence-electron chi connectivity index (χ3n) is 13.0. The number of methoxy groups -OCH3 is 1. The molecule has 0 spiro atoms. The molecule has 8 bridgehead atoms. The number of nitrogens with one attached hydrogen (secondary N) is 4. The maximum atomic E-state index is 14.3. The highest BCUT2D eigenvalue weighted by Gasteiger charge is 2.54. The smallest absolute Gasteiger partial charge is 0.334 e. The molecule has 5 heterocycles. The molecular formula is C53H69N7O12. The summed E-state index contributed by atoms with van der Waals surface area (Å²) in [4.78, 5) is 72.0. The van der Waals surface area contributed by atoms with Gasteiger partial charge in [0.1, 0.15) is 12.5 Å². The summed E-state index contributed by atoms with van der Waals surface area (Å²) in [6.07, 6.45) is 6.17. The van der Waals surface area contributed by atoms with Crippen molar-refractivity contribution < 1.29 is 57.8 Å². The Labute approximate surface area is 419 Å². The van der Waals surface area contributed by atoms with Crippen LogP contribution in [-0.4, -0.2) is 153 Å². The first-order chi connectivity index (χ1) is 34.8. The summed E-state index contributed by atoms with van der Waals surface area (Å²) in [5.41, 5.74) is 15.6. The van der Waals surface area contributed by atoms with Gasteiger partial charge in [-0.05, 0) is 98.2 Å². The molecular weight excluding hydrogens is 927 g/mol. The maximum absolute atomic E-state index is 14.3. The van der Waals surface area contributed by atoms with Crippen molar-refractivity contribution in [1.82, 2.24) is 30.6 Å². The molecule has 0 saturated heterocycles. The molecule has 2 unspecified atom stereocenters. The topological polar surface area (TPSA) is 272 Å². The number of H-pyrrole nitrogens is 2. The number of hydrogen-bond donors (Lipinski definition) is 7. The molecule has 2 aliphatic heterocycles. The lowest BCUT2D eigenvalue weighted by Crippen LogP contribution is -2.42. The first kappa shape index (κ1) is 55.0. The van der Waals surface area contributed by atoms with Crippen molar-refractivity contribution in [2.24, 2.45) is 11.7 Å². The van der Waals surface area contributed by atoms with Gasteiger partial charge < -0.3 is 65.0 Å². The highest BCUT2D eigenvalue weighted by atomic mass is 16.5. The number of carbonyl (C=O) groups is 4. The highest BCUT2D eigenvalue weighted by Crippen LogP contribution is 2.52. The number of amides is 2. The largest absolute Gasteiger partial charge is 0.466 e. The number of aromatic nitrogens is 4. The molecule has 6 rings (SSSR count). The number of aromatic amines is 2. The van der Waals surface area contributed by atoms with Crippen LogP contribution in [0.4, 0.5) is 0 Å². The molecule has 19 heteroatoms. The number of aliphatic hydroxyl groups is 2. The van der Waals surface area contributed by atoms with Gasteiger partial charge in [-0.15, -0.1) is 0 Å². The van der Waals surface area contributed by atoms with Crippen LogP contribution in [0.25, 0.3) is 44.9 Å². The van der Waals surface area contributed by atoms with Gasteiger partial charge in [0, 0.05) is 60.1 Å². The van der Waals surface area contributed by atoms with Gasteiger partial charge in [-0.2, -0.15) is 0 Å². The molecule has 3 aromatic heterocycles. The number of aryl methyl sites for hydroxylation is 3. The highest BCUT2D eigenvalue weighted by molar-refractivity contribution is 6.02. The van der Waals surface area contributed by atoms with Crippen LogP contribution in [0.15, 0.2) is 48.6 Å². The first-order valence-electron chi connectivity index (χ1n) is 24.3. The molecule has 388 valence electrons. The molecule has 2 atom stereocenters. The van der Waals surface area contributed by atoms with Crippen LogP contribution in [0, 0.1) is 19.8 Å². The molecule has 0 radical (unpaired) electrons. The summed E-state index contributed by atoms with van der Waals surface area (Å²) >= 11 is 0. The summed E-state index contributed by atoms with van der Waals surface area (Å²) in [7, 11) is 1.26. The van der Waals surface area contributed by atoms with Crippen LogP contribution in [0.2, 0.25) is 0 Å². The van der Waals surface area contributed by atoms with E-state index in [2.05, 4.69) is 27.2 Å². The number of allylic oxidation sites excluding steroid dienone is 5. The van der Waals surface area contributed by atoms with Crippen LogP contribution in [0.3, 0.4) is 0 Å².